The van der Waals surface area contributed by atoms with E-state index in [1.165, 1.54) is 30.3 Å². The second-order valence-corrected chi connectivity index (χ2v) is 9.52. The number of hydrogen-bond donors (Lipinski definition) is 3. The van der Waals surface area contributed by atoms with Crippen molar-refractivity contribution in [2.45, 2.75) is 11.4 Å². The molecule has 1 amide bonds. The molecule has 3 aromatic rings. The number of piperazine rings is 1. The van der Waals surface area contributed by atoms with Crippen LogP contribution in [0.25, 0.3) is 0 Å². The molecule has 0 spiro atoms. The third kappa shape index (κ3) is 5.70. The van der Waals surface area contributed by atoms with Crippen LogP contribution < -0.4 is 20.3 Å². The summed E-state index contributed by atoms with van der Waals surface area (Å²) in [7, 11) is -4.03. The number of benzene rings is 3. The summed E-state index contributed by atoms with van der Waals surface area (Å²) in [6, 6.07) is 15.2. The van der Waals surface area contributed by atoms with Gasteiger partial charge in [0.1, 0.15) is 11.6 Å². The smallest absolute Gasteiger partial charge is 0.261 e. The molecule has 1 aliphatic rings. The highest BCUT2D eigenvalue weighted by Crippen LogP contribution is 2.30. The number of carbonyl (C=O) groups is 1. The van der Waals surface area contributed by atoms with Gasteiger partial charge in [0.2, 0.25) is 0 Å². The van der Waals surface area contributed by atoms with Crippen LogP contribution in [-0.4, -0.2) is 40.5 Å². The first-order valence-corrected chi connectivity index (χ1v) is 12.2. The molecule has 0 saturated carbocycles. The second kappa shape index (κ2) is 10.2. The third-order valence-electron chi connectivity index (χ3n) is 5.43. The zero-order valence-electron chi connectivity index (χ0n) is 18.2. The summed E-state index contributed by atoms with van der Waals surface area (Å²) < 4.78 is 55.2. The van der Waals surface area contributed by atoms with Crippen molar-refractivity contribution < 1.29 is 22.0 Å². The van der Waals surface area contributed by atoms with E-state index >= 15 is 0 Å². The Bertz CT molecular complexity index is 1280. The van der Waals surface area contributed by atoms with E-state index in [0.717, 1.165) is 25.2 Å². The van der Waals surface area contributed by atoms with Gasteiger partial charge in [0.15, 0.2) is 0 Å². The number of halogens is 2. The van der Waals surface area contributed by atoms with Gasteiger partial charge in [0, 0.05) is 38.3 Å². The zero-order chi connectivity index (χ0) is 24.1. The highest BCUT2D eigenvalue weighted by Gasteiger charge is 2.21. The van der Waals surface area contributed by atoms with Crippen molar-refractivity contribution >= 4 is 27.3 Å². The minimum Gasteiger partial charge on any atom is -0.367 e. The predicted molar refractivity (Wildman–Crippen MR) is 126 cm³/mol. The molecule has 0 unspecified atom stereocenters. The van der Waals surface area contributed by atoms with Crippen molar-refractivity contribution in [3.8, 4) is 0 Å². The molecule has 1 saturated heterocycles. The van der Waals surface area contributed by atoms with E-state index < -0.39 is 27.6 Å². The Kier molecular flexibility index (Phi) is 7.09. The number of carbonyl (C=O) groups excluding carboxylic acids is 1. The molecule has 0 aromatic heterocycles. The van der Waals surface area contributed by atoms with Crippen LogP contribution >= 0.6 is 0 Å². The maximum absolute atomic E-state index is 13.4. The molecule has 1 aliphatic heterocycles. The van der Waals surface area contributed by atoms with Crippen molar-refractivity contribution in [2.75, 3.05) is 35.8 Å². The predicted octanol–water partition coefficient (Wildman–Crippen LogP) is 3.11. The lowest BCUT2D eigenvalue weighted by Crippen LogP contribution is -2.43. The van der Waals surface area contributed by atoms with E-state index in [2.05, 4.69) is 15.4 Å². The van der Waals surface area contributed by atoms with Gasteiger partial charge < -0.3 is 15.5 Å². The summed E-state index contributed by atoms with van der Waals surface area (Å²) in [6.07, 6.45) is 0. The van der Waals surface area contributed by atoms with Crippen molar-refractivity contribution in [1.29, 1.82) is 0 Å². The van der Waals surface area contributed by atoms with Gasteiger partial charge in [-0.25, -0.2) is 17.2 Å². The van der Waals surface area contributed by atoms with Crippen LogP contribution in [0.5, 0.6) is 0 Å². The first-order chi connectivity index (χ1) is 16.3. The number of nitrogens with zero attached hydrogens (tertiary/aromatic N) is 1. The van der Waals surface area contributed by atoms with Crippen LogP contribution in [0.1, 0.15) is 15.9 Å². The number of nitrogens with one attached hydrogen (secondary N) is 3. The first kappa shape index (κ1) is 23.7. The van der Waals surface area contributed by atoms with Crippen LogP contribution in [-0.2, 0) is 16.6 Å². The van der Waals surface area contributed by atoms with E-state index in [4.69, 9.17) is 0 Å². The van der Waals surface area contributed by atoms with Crippen molar-refractivity contribution in [2.24, 2.45) is 0 Å². The quantitative estimate of drug-likeness (QED) is 0.478. The largest absolute Gasteiger partial charge is 0.367 e. The minimum atomic E-state index is -4.03. The van der Waals surface area contributed by atoms with Gasteiger partial charge in [-0.1, -0.05) is 12.1 Å². The molecule has 0 bridgehead atoms. The van der Waals surface area contributed by atoms with Crippen LogP contribution in [0.2, 0.25) is 0 Å². The van der Waals surface area contributed by atoms with Gasteiger partial charge in [0.25, 0.3) is 15.9 Å². The number of hydrogen-bond acceptors (Lipinski definition) is 5. The molecule has 1 heterocycles. The third-order valence-corrected chi connectivity index (χ3v) is 6.81. The lowest BCUT2D eigenvalue weighted by Gasteiger charge is -2.31. The van der Waals surface area contributed by atoms with Crippen molar-refractivity contribution in [3.63, 3.8) is 0 Å². The molecule has 178 valence electrons. The molecule has 4 rings (SSSR count). The fraction of sp³-hybridized carbons (Fsp3) is 0.208. The molecular weight excluding hydrogens is 462 g/mol. The van der Waals surface area contributed by atoms with Gasteiger partial charge >= 0.3 is 0 Å². The van der Waals surface area contributed by atoms with E-state index in [1.807, 2.05) is 4.90 Å². The second-order valence-electron chi connectivity index (χ2n) is 7.84. The molecule has 3 N–H and O–H groups in total. The van der Waals surface area contributed by atoms with E-state index in [9.17, 15) is 22.0 Å². The highest BCUT2D eigenvalue weighted by atomic mass is 32.2. The number of anilines is 2. The van der Waals surface area contributed by atoms with Gasteiger partial charge in [-0.2, -0.15) is 0 Å². The van der Waals surface area contributed by atoms with E-state index in [1.54, 1.807) is 24.3 Å². The standard InChI is InChI=1S/C24H24F2N4O3S/c25-19-5-7-21(8-6-19)34(32,33)29-22-15-18(4-9-23(22)30-12-10-27-11-13-30)24(31)28-16-17-2-1-3-20(26)14-17/h1-9,14-15,27,29H,10-13,16H2,(H,28,31). The Morgan fingerprint density at radius 3 is 2.38 bits per heavy atom. The number of rotatable bonds is 7. The van der Waals surface area contributed by atoms with Crippen LogP contribution in [0.3, 0.4) is 0 Å². The Hall–Kier alpha value is -3.50. The van der Waals surface area contributed by atoms with Gasteiger partial charge in [-0.15, -0.1) is 0 Å². The molecule has 10 heteroatoms. The van der Waals surface area contributed by atoms with E-state index in [0.29, 0.717) is 24.3 Å². The maximum atomic E-state index is 13.4. The summed E-state index contributed by atoms with van der Waals surface area (Å²) in [5.74, 6) is -1.37. The fourth-order valence-electron chi connectivity index (χ4n) is 3.69. The molecule has 1 fully saturated rings. The van der Waals surface area contributed by atoms with Gasteiger partial charge in [-0.05, 0) is 60.2 Å². The van der Waals surface area contributed by atoms with Crippen LogP contribution in [0.15, 0.2) is 71.6 Å². The van der Waals surface area contributed by atoms with Crippen molar-refractivity contribution in [1.82, 2.24) is 10.6 Å². The summed E-state index contributed by atoms with van der Waals surface area (Å²) in [5, 5.41) is 5.96. The van der Waals surface area contributed by atoms with Crippen LogP contribution in [0.4, 0.5) is 20.2 Å². The molecule has 0 radical (unpaired) electrons. The Morgan fingerprint density at radius 2 is 1.68 bits per heavy atom. The number of sulfonamides is 1. The Labute approximate surface area is 196 Å². The Morgan fingerprint density at radius 1 is 0.941 bits per heavy atom. The molecule has 7 nitrogen and oxygen atoms in total. The number of amides is 1. The van der Waals surface area contributed by atoms with Gasteiger partial charge in [-0.3, -0.25) is 9.52 Å². The van der Waals surface area contributed by atoms with Gasteiger partial charge in [0.05, 0.1) is 16.3 Å². The normalized spacial score (nSPS) is 14.0. The van der Waals surface area contributed by atoms with E-state index in [-0.39, 0.29) is 22.7 Å². The molecule has 0 aliphatic carbocycles. The lowest BCUT2D eigenvalue weighted by atomic mass is 10.1. The summed E-state index contributed by atoms with van der Waals surface area (Å²) in [5.41, 5.74) is 1.72. The lowest BCUT2D eigenvalue weighted by molar-refractivity contribution is 0.0951. The summed E-state index contributed by atoms with van der Waals surface area (Å²) >= 11 is 0. The average molecular weight is 487 g/mol. The molecule has 0 atom stereocenters. The maximum Gasteiger partial charge on any atom is 0.261 e. The van der Waals surface area contributed by atoms with Crippen LogP contribution in [0, 0.1) is 11.6 Å². The minimum absolute atomic E-state index is 0.0962. The fourth-order valence-corrected chi connectivity index (χ4v) is 4.75. The topological polar surface area (TPSA) is 90.5 Å². The monoisotopic (exact) mass is 486 g/mol. The molecular formula is C24H24F2N4O3S. The van der Waals surface area contributed by atoms with Crippen molar-refractivity contribution in [3.05, 3.63) is 89.5 Å². The first-order valence-electron chi connectivity index (χ1n) is 10.7. The summed E-state index contributed by atoms with van der Waals surface area (Å²) in [4.78, 5) is 14.7. The highest BCUT2D eigenvalue weighted by molar-refractivity contribution is 7.92. The zero-order valence-corrected chi connectivity index (χ0v) is 19.0. The average Bonchev–Trinajstić information content (AvgIpc) is 2.83. The Balaban J connectivity index is 1.61. The summed E-state index contributed by atoms with van der Waals surface area (Å²) in [6.45, 7) is 2.92. The molecule has 3 aromatic carbocycles. The SMILES string of the molecule is O=C(NCc1cccc(F)c1)c1ccc(N2CCNCC2)c(NS(=O)(=O)c2ccc(F)cc2)c1. The molecule has 34 heavy (non-hydrogen) atoms.